The Morgan fingerprint density at radius 2 is 2.18 bits per heavy atom. The maximum Gasteiger partial charge on any atom is 0.191 e. The van der Waals surface area contributed by atoms with Gasteiger partial charge in [-0.15, -0.1) is 35.3 Å². The maximum absolute atomic E-state index is 4.76. The second kappa shape index (κ2) is 11.7. The van der Waals surface area contributed by atoms with Gasteiger partial charge in [-0.1, -0.05) is 12.1 Å². The standard InChI is InChI=1S/C21H31N5S.HI/c1-4-22-21(25-15-18-16(2)8-5-11-23-18)24-14-17-9-6-12-26(3)20(17)19-10-7-13-27-19;/h5,7-8,10-11,13,17,20H,4,6,9,12,14-15H2,1-3H3,(H2,22,24,25);1H. The number of thiophene rings is 1. The van der Waals surface area contributed by atoms with E-state index in [1.54, 1.807) is 0 Å². The summed E-state index contributed by atoms with van der Waals surface area (Å²) in [6, 6.07) is 8.98. The van der Waals surface area contributed by atoms with E-state index >= 15 is 0 Å². The number of hydrogen-bond donors (Lipinski definition) is 2. The highest BCUT2D eigenvalue weighted by molar-refractivity contribution is 14.0. The van der Waals surface area contributed by atoms with Crippen LogP contribution in [0.2, 0.25) is 0 Å². The van der Waals surface area contributed by atoms with Crippen LogP contribution in [0.25, 0.3) is 0 Å². The highest BCUT2D eigenvalue weighted by Crippen LogP contribution is 2.36. The third-order valence-corrected chi connectivity index (χ3v) is 6.17. The molecule has 2 aromatic rings. The van der Waals surface area contributed by atoms with Gasteiger partial charge in [0.25, 0.3) is 0 Å². The van der Waals surface area contributed by atoms with E-state index in [2.05, 4.69) is 65.0 Å². The Morgan fingerprint density at radius 3 is 2.89 bits per heavy atom. The molecular formula is C21H32IN5S. The molecule has 3 rings (SSSR count). The van der Waals surface area contributed by atoms with Gasteiger partial charge in [0.1, 0.15) is 0 Å². The number of rotatable bonds is 6. The molecule has 28 heavy (non-hydrogen) atoms. The number of aromatic nitrogens is 1. The molecule has 0 aromatic carbocycles. The van der Waals surface area contributed by atoms with Gasteiger partial charge in [0.2, 0.25) is 0 Å². The molecule has 0 spiro atoms. The van der Waals surface area contributed by atoms with Crippen LogP contribution in [0.4, 0.5) is 0 Å². The quantitative estimate of drug-likeness (QED) is 0.345. The molecule has 0 bridgehead atoms. The molecule has 0 aliphatic carbocycles. The van der Waals surface area contributed by atoms with E-state index in [4.69, 9.17) is 4.99 Å². The predicted molar refractivity (Wildman–Crippen MR) is 130 cm³/mol. The molecule has 1 fully saturated rings. The van der Waals surface area contributed by atoms with Crippen LogP contribution in [0.15, 0.2) is 40.8 Å². The topological polar surface area (TPSA) is 52.6 Å². The van der Waals surface area contributed by atoms with Crippen LogP contribution in [0.1, 0.15) is 41.9 Å². The Hall–Kier alpha value is -1.19. The first-order chi connectivity index (χ1) is 13.2. The fourth-order valence-corrected chi connectivity index (χ4v) is 4.77. The third-order valence-electron chi connectivity index (χ3n) is 5.22. The minimum Gasteiger partial charge on any atom is -0.357 e. The highest BCUT2D eigenvalue weighted by Gasteiger charge is 2.31. The molecule has 2 N–H and O–H groups in total. The summed E-state index contributed by atoms with van der Waals surface area (Å²) in [5.41, 5.74) is 2.22. The van der Waals surface area contributed by atoms with Crippen LogP contribution in [0.3, 0.4) is 0 Å². The average Bonchev–Trinajstić information content (AvgIpc) is 3.19. The van der Waals surface area contributed by atoms with E-state index in [9.17, 15) is 0 Å². The summed E-state index contributed by atoms with van der Waals surface area (Å²) in [6.45, 7) is 7.74. The lowest BCUT2D eigenvalue weighted by molar-refractivity contribution is 0.125. The number of hydrogen-bond acceptors (Lipinski definition) is 4. The van der Waals surface area contributed by atoms with Crippen LogP contribution in [0, 0.1) is 12.8 Å². The fourth-order valence-electron chi connectivity index (χ4n) is 3.79. The Balaban J connectivity index is 0.00000280. The zero-order valence-electron chi connectivity index (χ0n) is 17.0. The Morgan fingerprint density at radius 1 is 1.32 bits per heavy atom. The molecule has 7 heteroatoms. The van der Waals surface area contributed by atoms with Crippen molar-refractivity contribution < 1.29 is 0 Å². The minimum atomic E-state index is 0. The van der Waals surface area contributed by atoms with Crippen molar-refractivity contribution in [1.29, 1.82) is 0 Å². The summed E-state index contributed by atoms with van der Waals surface area (Å²) < 4.78 is 0. The molecule has 154 valence electrons. The van der Waals surface area contributed by atoms with Gasteiger partial charge in [-0.3, -0.25) is 9.88 Å². The van der Waals surface area contributed by atoms with Crippen LogP contribution in [0.5, 0.6) is 0 Å². The lowest BCUT2D eigenvalue weighted by Crippen LogP contribution is -2.44. The van der Waals surface area contributed by atoms with Gasteiger partial charge < -0.3 is 10.6 Å². The molecule has 2 aromatic heterocycles. The normalized spacial score (nSPS) is 20.5. The number of piperidine rings is 1. The summed E-state index contributed by atoms with van der Waals surface area (Å²) in [5, 5.41) is 9.14. The van der Waals surface area contributed by atoms with E-state index < -0.39 is 0 Å². The molecule has 2 unspecified atom stereocenters. The van der Waals surface area contributed by atoms with Gasteiger partial charge in [0.15, 0.2) is 5.96 Å². The second-order valence-corrected chi connectivity index (χ2v) is 8.17. The monoisotopic (exact) mass is 513 g/mol. The molecule has 5 nitrogen and oxygen atoms in total. The first kappa shape index (κ1) is 23.1. The van der Waals surface area contributed by atoms with Crippen molar-refractivity contribution in [2.75, 3.05) is 26.7 Å². The fraction of sp³-hybridized carbons (Fsp3) is 0.524. The van der Waals surface area contributed by atoms with Crippen LogP contribution >= 0.6 is 35.3 Å². The number of aliphatic imine (C=N–C) groups is 1. The number of halogens is 1. The van der Waals surface area contributed by atoms with Crippen LogP contribution in [-0.4, -0.2) is 42.5 Å². The maximum atomic E-state index is 4.76. The van der Waals surface area contributed by atoms with E-state index in [1.807, 2.05) is 23.6 Å². The first-order valence-electron chi connectivity index (χ1n) is 9.85. The summed E-state index contributed by atoms with van der Waals surface area (Å²) in [4.78, 5) is 13.2. The molecule has 0 radical (unpaired) electrons. The van der Waals surface area contributed by atoms with E-state index in [1.165, 1.54) is 29.8 Å². The Labute approximate surface area is 190 Å². The summed E-state index contributed by atoms with van der Waals surface area (Å²) in [7, 11) is 2.25. The van der Waals surface area contributed by atoms with Crippen molar-refractivity contribution in [3.05, 3.63) is 52.0 Å². The van der Waals surface area contributed by atoms with Gasteiger partial charge in [0.05, 0.1) is 12.2 Å². The Kier molecular flexibility index (Phi) is 9.67. The average molecular weight is 513 g/mol. The summed E-state index contributed by atoms with van der Waals surface area (Å²) in [6.07, 6.45) is 4.34. The molecule has 1 aliphatic heterocycles. The van der Waals surface area contributed by atoms with Gasteiger partial charge in [0, 0.05) is 30.2 Å². The van der Waals surface area contributed by atoms with Crippen LogP contribution < -0.4 is 10.6 Å². The van der Waals surface area contributed by atoms with E-state index in [0.29, 0.717) is 18.5 Å². The summed E-state index contributed by atoms with van der Waals surface area (Å²) >= 11 is 1.87. The molecule has 3 heterocycles. The van der Waals surface area contributed by atoms with Gasteiger partial charge in [-0.2, -0.15) is 0 Å². The molecule has 0 amide bonds. The number of nitrogens with one attached hydrogen (secondary N) is 2. The van der Waals surface area contributed by atoms with Crippen molar-refractivity contribution in [2.45, 2.75) is 39.3 Å². The van der Waals surface area contributed by atoms with Crippen molar-refractivity contribution in [1.82, 2.24) is 20.5 Å². The van der Waals surface area contributed by atoms with Crippen molar-refractivity contribution >= 4 is 41.3 Å². The van der Waals surface area contributed by atoms with E-state index in [-0.39, 0.29) is 24.0 Å². The lowest BCUT2D eigenvalue weighted by atomic mass is 9.88. The number of nitrogens with zero attached hydrogens (tertiary/aromatic N) is 3. The van der Waals surface area contributed by atoms with E-state index in [0.717, 1.165) is 24.7 Å². The number of guanidine groups is 1. The van der Waals surface area contributed by atoms with Crippen molar-refractivity contribution in [2.24, 2.45) is 10.9 Å². The number of aryl methyl sites for hydroxylation is 1. The minimum absolute atomic E-state index is 0. The second-order valence-electron chi connectivity index (χ2n) is 7.19. The number of pyridine rings is 1. The van der Waals surface area contributed by atoms with Crippen LogP contribution in [-0.2, 0) is 6.54 Å². The van der Waals surface area contributed by atoms with Crippen molar-refractivity contribution in [3.8, 4) is 0 Å². The zero-order chi connectivity index (χ0) is 19.1. The predicted octanol–water partition coefficient (Wildman–Crippen LogP) is 4.21. The largest absolute Gasteiger partial charge is 0.357 e. The highest BCUT2D eigenvalue weighted by atomic mass is 127. The smallest absolute Gasteiger partial charge is 0.191 e. The SMILES string of the molecule is CCNC(=NCc1ncccc1C)NCC1CCCN(C)C1c1cccs1.I. The van der Waals surface area contributed by atoms with Gasteiger partial charge >= 0.3 is 0 Å². The van der Waals surface area contributed by atoms with Gasteiger partial charge in [-0.05, 0) is 69.3 Å². The Bertz CT molecular complexity index is 734. The van der Waals surface area contributed by atoms with Gasteiger partial charge in [-0.25, -0.2) is 4.99 Å². The molecule has 0 saturated carbocycles. The first-order valence-corrected chi connectivity index (χ1v) is 10.7. The molecular weight excluding hydrogens is 481 g/mol. The molecule has 2 atom stereocenters. The molecule has 1 saturated heterocycles. The third kappa shape index (κ3) is 6.15. The summed E-state index contributed by atoms with van der Waals surface area (Å²) in [5.74, 6) is 1.46. The zero-order valence-corrected chi connectivity index (χ0v) is 20.2. The van der Waals surface area contributed by atoms with Crippen molar-refractivity contribution in [3.63, 3.8) is 0 Å². The lowest BCUT2D eigenvalue weighted by Gasteiger charge is -2.39. The number of likely N-dealkylation sites (tertiary alicyclic amines) is 1. The molecule has 1 aliphatic rings.